The smallest absolute Gasteiger partial charge is 0.268 e. The molecule has 5 heteroatoms. The zero-order valence-corrected chi connectivity index (χ0v) is 11.9. The molecule has 0 unspecified atom stereocenters. The molecule has 0 aliphatic carbocycles. The SMILES string of the molecule is Cc1ccc(Br)cc1-c1cc2nc[nH]c(=O)c2s1. The average Bonchev–Trinajstić information content (AvgIpc) is 2.77. The van der Waals surface area contributed by atoms with Gasteiger partial charge < -0.3 is 4.98 Å². The van der Waals surface area contributed by atoms with Gasteiger partial charge in [0.05, 0.1) is 11.8 Å². The topological polar surface area (TPSA) is 45.8 Å². The molecule has 18 heavy (non-hydrogen) atoms. The molecule has 0 bridgehead atoms. The first-order valence-corrected chi connectivity index (χ1v) is 7.00. The van der Waals surface area contributed by atoms with Crippen molar-refractivity contribution in [2.45, 2.75) is 6.92 Å². The largest absolute Gasteiger partial charge is 0.312 e. The number of fused-ring (bicyclic) bond motifs is 1. The quantitative estimate of drug-likeness (QED) is 0.742. The number of hydrogen-bond acceptors (Lipinski definition) is 3. The predicted octanol–water partition coefficient (Wildman–Crippen LogP) is 3.72. The third-order valence-electron chi connectivity index (χ3n) is 2.78. The number of aromatic nitrogens is 2. The number of rotatable bonds is 1. The van der Waals surface area contributed by atoms with Crippen LogP contribution in [0.5, 0.6) is 0 Å². The van der Waals surface area contributed by atoms with Crippen LogP contribution < -0.4 is 5.56 Å². The second-order valence-electron chi connectivity index (χ2n) is 4.02. The number of halogens is 1. The first-order chi connectivity index (χ1) is 8.65. The Morgan fingerprint density at radius 3 is 2.94 bits per heavy atom. The van der Waals surface area contributed by atoms with Gasteiger partial charge in [-0.1, -0.05) is 22.0 Å². The van der Waals surface area contributed by atoms with Crippen LogP contribution in [-0.2, 0) is 0 Å². The lowest BCUT2D eigenvalue weighted by Crippen LogP contribution is -2.02. The molecule has 0 amide bonds. The van der Waals surface area contributed by atoms with E-state index in [0.29, 0.717) is 4.70 Å². The second kappa shape index (κ2) is 4.33. The Labute approximate surface area is 116 Å². The number of aromatic amines is 1. The van der Waals surface area contributed by atoms with E-state index in [2.05, 4.69) is 45.0 Å². The van der Waals surface area contributed by atoms with E-state index < -0.39 is 0 Å². The van der Waals surface area contributed by atoms with Crippen LogP contribution in [0.3, 0.4) is 0 Å². The van der Waals surface area contributed by atoms with E-state index in [1.807, 2.05) is 12.1 Å². The molecule has 2 aromatic heterocycles. The third kappa shape index (κ3) is 1.89. The van der Waals surface area contributed by atoms with Crippen LogP contribution in [0.25, 0.3) is 20.7 Å². The van der Waals surface area contributed by atoms with Crippen molar-refractivity contribution in [3.8, 4) is 10.4 Å². The zero-order chi connectivity index (χ0) is 12.7. The third-order valence-corrected chi connectivity index (χ3v) is 4.43. The van der Waals surface area contributed by atoms with Crippen molar-refractivity contribution < 1.29 is 0 Å². The van der Waals surface area contributed by atoms with Crippen molar-refractivity contribution in [1.29, 1.82) is 0 Å². The molecule has 0 saturated carbocycles. The molecular formula is C13H9BrN2OS. The maximum absolute atomic E-state index is 11.7. The van der Waals surface area contributed by atoms with Gasteiger partial charge in [-0.15, -0.1) is 11.3 Å². The molecule has 0 aliphatic rings. The minimum Gasteiger partial charge on any atom is -0.312 e. The number of nitrogens with one attached hydrogen (secondary N) is 1. The van der Waals surface area contributed by atoms with E-state index in [4.69, 9.17) is 0 Å². The average molecular weight is 321 g/mol. The zero-order valence-electron chi connectivity index (χ0n) is 9.53. The van der Waals surface area contributed by atoms with Crippen molar-refractivity contribution in [3.63, 3.8) is 0 Å². The molecule has 0 atom stereocenters. The lowest BCUT2D eigenvalue weighted by atomic mass is 10.1. The Hall–Kier alpha value is -1.46. The fourth-order valence-electron chi connectivity index (χ4n) is 1.86. The van der Waals surface area contributed by atoms with E-state index in [0.717, 1.165) is 20.4 Å². The maximum atomic E-state index is 11.7. The molecule has 0 spiro atoms. The first-order valence-electron chi connectivity index (χ1n) is 5.39. The van der Waals surface area contributed by atoms with Gasteiger partial charge in [0.2, 0.25) is 0 Å². The highest BCUT2D eigenvalue weighted by molar-refractivity contribution is 9.10. The standard InChI is InChI=1S/C13H9BrN2OS/c1-7-2-3-8(14)4-9(7)11-5-10-12(18-11)13(17)16-6-15-10/h2-6H,1H3,(H,15,16,17). The summed E-state index contributed by atoms with van der Waals surface area (Å²) in [7, 11) is 0. The number of aryl methyl sites for hydroxylation is 1. The summed E-state index contributed by atoms with van der Waals surface area (Å²) in [6.07, 6.45) is 1.44. The molecule has 3 nitrogen and oxygen atoms in total. The summed E-state index contributed by atoms with van der Waals surface area (Å²) in [4.78, 5) is 19.5. The molecule has 0 fully saturated rings. The van der Waals surface area contributed by atoms with E-state index in [-0.39, 0.29) is 5.56 Å². The predicted molar refractivity (Wildman–Crippen MR) is 78.1 cm³/mol. The van der Waals surface area contributed by atoms with Crippen LogP contribution >= 0.6 is 27.3 Å². The van der Waals surface area contributed by atoms with Gasteiger partial charge in [0.1, 0.15) is 4.70 Å². The summed E-state index contributed by atoms with van der Waals surface area (Å²) in [5.41, 5.74) is 2.98. The van der Waals surface area contributed by atoms with E-state index in [9.17, 15) is 4.79 Å². The van der Waals surface area contributed by atoms with Crippen LogP contribution in [0.1, 0.15) is 5.56 Å². The molecule has 1 N–H and O–H groups in total. The van der Waals surface area contributed by atoms with Crippen LogP contribution in [0.15, 0.2) is 39.9 Å². The summed E-state index contributed by atoms with van der Waals surface area (Å²) in [5, 5.41) is 0. The molecule has 3 aromatic rings. The highest BCUT2D eigenvalue weighted by atomic mass is 79.9. The van der Waals surface area contributed by atoms with Gasteiger partial charge in [0, 0.05) is 9.35 Å². The molecule has 2 heterocycles. The van der Waals surface area contributed by atoms with Gasteiger partial charge >= 0.3 is 0 Å². The Kier molecular flexibility index (Phi) is 2.80. The van der Waals surface area contributed by atoms with Crippen molar-refractivity contribution in [2.24, 2.45) is 0 Å². The van der Waals surface area contributed by atoms with E-state index >= 15 is 0 Å². The molecule has 90 valence electrons. The molecule has 1 aromatic carbocycles. The number of thiophene rings is 1. The molecule has 0 radical (unpaired) electrons. The van der Waals surface area contributed by atoms with E-state index in [1.165, 1.54) is 23.2 Å². The lowest BCUT2D eigenvalue weighted by Gasteiger charge is -2.02. The monoisotopic (exact) mass is 320 g/mol. The highest BCUT2D eigenvalue weighted by Gasteiger charge is 2.10. The van der Waals surface area contributed by atoms with Crippen LogP contribution in [0.2, 0.25) is 0 Å². The summed E-state index contributed by atoms with van der Waals surface area (Å²) in [6, 6.07) is 8.09. The summed E-state index contributed by atoms with van der Waals surface area (Å²) < 4.78 is 1.70. The number of H-pyrrole nitrogens is 1. The first kappa shape index (κ1) is 11.6. The molecular weight excluding hydrogens is 312 g/mol. The highest BCUT2D eigenvalue weighted by Crippen LogP contribution is 2.34. The Bertz CT molecular complexity index is 791. The lowest BCUT2D eigenvalue weighted by molar-refractivity contribution is 1.18. The van der Waals surface area contributed by atoms with Crippen molar-refractivity contribution in [2.75, 3.05) is 0 Å². The Morgan fingerprint density at radius 2 is 2.17 bits per heavy atom. The van der Waals surface area contributed by atoms with Crippen LogP contribution in [0, 0.1) is 6.92 Å². The summed E-state index contributed by atoms with van der Waals surface area (Å²) in [5.74, 6) is 0. The summed E-state index contributed by atoms with van der Waals surface area (Å²) in [6.45, 7) is 2.06. The fourth-order valence-corrected chi connectivity index (χ4v) is 3.31. The minimum atomic E-state index is -0.0797. The fraction of sp³-hybridized carbons (Fsp3) is 0.0769. The van der Waals surface area contributed by atoms with E-state index in [1.54, 1.807) is 0 Å². The van der Waals surface area contributed by atoms with Gasteiger partial charge in [-0.2, -0.15) is 0 Å². The molecule has 3 rings (SSSR count). The van der Waals surface area contributed by atoms with Gasteiger partial charge in [-0.25, -0.2) is 4.98 Å². The second-order valence-corrected chi connectivity index (χ2v) is 5.98. The Balaban J connectivity index is 2.29. The van der Waals surface area contributed by atoms with Gasteiger partial charge in [-0.3, -0.25) is 4.79 Å². The van der Waals surface area contributed by atoms with Crippen molar-refractivity contribution in [3.05, 3.63) is 51.0 Å². The normalized spacial score (nSPS) is 11.0. The minimum absolute atomic E-state index is 0.0797. The van der Waals surface area contributed by atoms with Crippen LogP contribution in [-0.4, -0.2) is 9.97 Å². The Morgan fingerprint density at radius 1 is 1.33 bits per heavy atom. The maximum Gasteiger partial charge on any atom is 0.268 e. The summed E-state index contributed by atoms with van der Waals surface area (Å²) >= 11 is 4.95. The van der Waals surface area contributed by atoms with Gasteiger partial charge in [-0.05, 0) is 36.2 Å². The molecule has 0 saturated heterocycles. The van der Waals surface area contributed by atoms with Crippen molar-refractivity contribution in [1.82, 2.24) is 9.97 Å². The van der Waals surface area contributed by atoms with Crippen LogP contribution in [0.4, 0.5) is 0 Å². The number of hydrogen-bond donors (Lipinski definition) is 1. The van der Waals surface area contributed by atoms with Gasteiger partial charge in [0.15, 0.2) is 0 Å². The van der Waals surface area contributed by atoms with Crippen molar-refractivity contribution >= 4 is 37.5 Å². The number of nitrogens with zero attached hydrogens (tertiary/aromatic N) is 1. The molecule has 0 aliphatic heterocycles. The van der Waals surface area contributed by atoms with Gasteiger partial charge in [0.25, 0.3) is 5.56 Å². The number of benzene rings is 1.